The molecule has 1 fully saturated rings. The molecule has 1 heterocycles. The van der Waals surface area contributed by atoms with Gasteiger partial charge >= 0.3 is 0 Å². The van der Waals surface area contributed by atoms with E-state index < -0.39 is 9.84 Å². The van der Waals surface area contributed by atoms with Crippen LogP contribution in [-0.2, 0) is 14.6 Å². The molecule has 1 aliphatic rings. The van der Waals surface area contributed by atoms with E-state index in [1.807, 2.05) is 6.07 Å². The van der Waals surface area contributed by atoms with Gasteiger partial charge in [0.1, 0.15) is 0 Å². The van der Waals surface area contributed by atoms with Gasteiger partial charge in [-0.05, 0) is 25.7 Å². The van der Waals surface area contributed by atoms with Crippen molar-refractivity contribution in [2.45, 2.75) is 37.4 Å². The molecule has 1 saturated heterocycles. The molecule has 0 amide bonds. The Morgan fingerprint density at radius 1 is 1.27 bits per heavy atom. The van der Waals surface area contributed by atoms with E-state index in [1.165, 1.54) is 0 Å². The van der Waals surface area contributed by atoms with Gasteiger partial charge in [0.25, 0.3) is 0 Å². The van der Waals surface area contributed by atoms with Crippen molar-refractivity contribution in [3.63, 3.8) is 0 Å². The average molecular weight is 231 g/mol. The maximum atomic E-state index is 11.8. The fourth-order valence-corrected chi connectivity index (χ4v) is 3.56. The van der Waals surface area contributed by atoms with Crippen LogP contribution >= 0.6 is 0 Å². The summed E-state index contributed by atoms with van der Waals surface area (Å²) in [4.78, 5) is 0. The first kappa shape index (κ1) is 12.5. The Morgan fingerprint density at radius 2 is 1.93 bits per heavy atom. The van der Waals surface area contributed by atoms with E-state index in [0.29, 0.717) is 45.3 Å². The highest BCUT2D eigenvalue weighted by Crippen LogP contribution is 2.17. The van der Waals surface area contributed by atoms with Gasteiger partial charge in [-0.2, -0.15) is 5.26 Å². The molecule has 0 N–H and O–H groups in total. The number of hydrogen-bond acceptors (Lipinski definition) is 4. The zero-order valence-electron chi connectivity index (χ0n) is 8.81. The normalized spacial score (nSPS) is 18.6. The van der Waals surface area contributed by atoms with Crippen molar-refractivity contribution in [1.82, 2.24) is 0 Å². The third-order valence-corrected chi connectivity index (χ3v) is 4.99. The van der Waals surface area contributed by atoms with E-state index in [2.05, 4.69) is 0 Å². The van der Waals surface area contributed by atoms with Crippen molar-refractivity contribution in [3.05, 3.63) is 0 Å². The van der Waals surface area contributed by atoms with Gasteiger partial charge in [0.05, 0.1) is 17.1 Å². The molecule has 0 aromatic rings. The summed E-state index contributed by atoms with van der Waals surface area (Å²) in [5, 5.41) is 8.11. The first-order valence-electron chi connectivity index (χ1n) is 5.33. The van der Waals surface area contributed by atoms with Crippen molar-refractivity contribution in [1.29, 1.82) is 5.26 Å². The second kappa shape index (κ2) is 6.09. The van der Waals surface area contributed by atoms with Crippen LogP contribution in [0, 0.1) is 11.3 Å². The summed E-state index contributed by atoms with van der Waals surface area (Å²) in [5.74, 6) is 0.222. The minimum absolute atomic E-state index is 0.215. The molecule has 0 aromatic carbocycles. The molecule has 0 aliphatic carbocycles. The van der Waals surface area contributed by atoms with E-state index in [9.17, 15) is 8.42 Å². The lowest BCUT2D eigenvalue weighted by atomic mass is 10.2. The van der Waals surface area contributed by atoms with Crippen LogP contribution < -0.4 is 0 Å². The SMILES string of the molecule is N#CCCCCS(=O)(=O)C1CCOCC1. The Hall–Kier alpha value is -0.600. The monoisotopic (exact) mass is 231 g/mol. The summed E-state index contributed by atoms with van der Waals surface area (Å²) in [5.41, 5.74) is 0. The van der Waals surface area contributed by atoms with Crippen LogP contribution in [0.5, 0.6) is 0 Å². The Labute approximate surface area is 91.1 Å². The lowest BCUT2D eigenvalue weighted by molar-refractivity contribution is 0.0983. The minimum atomic E-state index is -2.95. The van der Waals surface area contributed by atoms with Crippen molar-refractivity contribution < 1.29 is 13.2 Å². The molecular weight excluding hydrogens is 214 g/mol. The average Bonchev–Trinajstić information content (AvgIpc) is 2.26. The highest BCUT2D eigenvalue weighted by Gasteiger charge is 2.26. The lowest BCUT2D eigenvalue weighted by Crippen LogP contribution is -2.30. The van der Waals surface area contributed by atoms with Crippen LogP contribution in [0.25, 0.3) is 0 Å². The molecule has 0 spiro atoms. The molecule has 0 unspecified atom stereocenters. The number of rotatable bonds is 5. The highest BCUT2D eigenvalue weighted by molar-refractivity contribution is 7.92. The zero-order chi connectivity index (χ0) is 11.1. The molecule has 86 valence electrons. The second-order valence-electron chi connectivity index (χ2n) is 3.79. The molecular formula is C10H17NO3S. The Balaban J connectivity index is 2.34. The van der Waals surface area contributed by atoms with Gasteiger partial charge in [0.15, 0.2) is 9.84 Å². The quantitative estimate of drug-likeness (QED) is 0.668. The topological polar surface area (TPSA) is 67.2 Å². The molecule has 1 aliphatic heterocycles. The maximum Gasteiger partial charge on any atom is 0.153 e. The summed E-state index contributed by atoms with van der Waals surface area (Å²) in [6, 6.07) is 2.02. The zero-order valence-corrected chi connectivity index (χ0v) is 9.63. The van der Waals surface area contributed by atoms with E-state index in [1.54, 1.807) is 0 Å². The molecule has 0 radical (unpaired) electrons. The standard InChI is InChI=1S/C10H17NO3S/c11-6-2-1-3-9-15(12,13)10-4-7-14-8-5-10/h10H,1-5,7-9H2. The van der Waals surface area contributed by atoms with Crippen molar-refractivity contribution in [3.8, 4) is 6.07 Å². The van der Waals surface area contributed by atoms with Crippen molar-refractivity contribution in [2.24, 2.45) is 0 Å². The molecule has 15 heavy (non-hydrogen) atoms. The fraction of sp³-hybridized carbons (Fsp3) is 0.900. The van der Waals surface area contributed by atoms with Gasteiger partial charge in [-0.15, -0.1) is 0 Å². The third-order valence-electron chi connectivity index (χ3n) is 2.64. The van der Waals surface area contributed by atoms with Crippen LogP contribution in [-0.4, -0.2) is 32.6 Å². The van der Waals surface area contributed by atoms with Gasteiger partial charge in [-0.1, -0.05) is 0 Å². The minimum Gasteiger partial charge on any atom is -0.381 e. The summed E-state index contributed by atoms with van der Waals surface area (Å²) in [6.07, 6.45) is 2.98. The smallest absolute Gasteiger partial charge is 0.153 e. The molecule has 5 heteroatoms. The van der Waals surface area contributed by atoms with E-state index >= 15 is 0 Å². The number of unbranched alkanes of at least 4 members (excludes halogenated alkanes) is 2. The predicted molar refractivity (Wildman–Crippen MR) is 57.1 cm³/mol. The van der Waals surface area contributed by atoms with E-state index in [4.69, 9.17) is 10.00 Å². The number of sulfone groups is 1. The Kier molecular flexibility index (Phi) is 5.06. The largest absolute Gasteiger partial charge is 0.381 e. The molecule has 4 nitrogen and oxygen atoms in total. The first-order chi connectivity index (χ1) is 7.17. The van der Waals surface area contributed by atoms with Gasteiger partial charge in [0, 0.05) is 19.6 Å². The van der Waals surface area contributed by atoms with E-state index in [0.717, 1.165) is 0 Å². The van der Waals surface area contributed by atoms with E-state index in [-0.39, 0.29) is 11.0 Å². The van der Waals surface area contributed by atoms with Gasteiger partial charge in [-0.3, -0.25) is 0 Å². The van der Waals surface area contributed by atoms with Crippen molar-refractivity contribution in [2.75, 3.05) is 19.0 Å². The Morgan fingerprint density at radius 3 is 2.53 bits per heavy atom. The first-order valence-corrected chi connectivity index (χ1v) is 7.04. The van der Waals surface area contributed by atoms with Crippen LogP contribution in [0.3, 0.4) is 0 Å². The predicted octanol–water partition coefficient (Wildman–Crippen LogP) is 1.27. The molecule has 1 rings (SSSR count). The Bertz CT molecular complexity index is 312. The molecule has 0 bridgehead atoms. The van der Waals surface area contributed by atoms with Crippen molar-refractivity contribution >= 4 is 9.84 Å². The van der Waals surface area contributed by atoms with Crippen LogP contribution in [0.2, 0.25) is 0 Å². The third kappa shape index (κ3) is 4.18. The number of nitrogens with zero attached hydrogens (tertiary/aromatic N) is 1. The number of ether oxygens (including phenoxy) is 1. The fourth-order valence-electron chi connectivity index (χ4n) is 1.71. The van der Waals surface area contributed by atoms with Crippen LogP contribution in [0.1, 0.15) is 32.1 Å². The molecule has 0 aromatic heterocycles. The van der Waals surface area contributed by atoms with Crippen LogP contribution in [0.4, 0.5) is 0 Å². The number of hydrogen-bond donors (Lipinski definition) is 0. The molecule has 0 saturated carbocycles. The van der Waals surface area contributed by atoms with Gasteiger partial charge < -0.3 is 4.74 Å². The number of nitriles is 1. The summed E-state index contributed by atoms with van der Waals surface area (Å²) < 4.78 is 28.8. The van der Waals surface area contributed by atoms with Gasteiger partial charge in [-0.25, -0.2) is 8.42 Å². The summed E-state index contributed by atoms with van der Waals surface area (Å²) in [6.45, 7) is 1.12. The van der Waals surface area contributed by atoms with Crippen LogP contribution in [0.15, 0.2) is 0 Å². The maximum absolute atomic E-state index is 11.8. The summed E-state index contributed by atoms with van der Waals surface area (Å²) >= 11 is 0. The highest BCUT2D eigenvalue weighted by atomic mass is 32.2. The summed E-state index contributed by atoms with van der Waals surface area (Å²) in [7, 11) is -2.95. The second-order valence-corrected chi connectivity index (χ2v) is 6.19. The molecule has 0 atom stereocenters. The van der Waals surface area contributed by atoms with Gasteiger partial charge in [0.2, 0.25) is 0 Å². The lowest BCUT2D eigenvalue weighted by Gasteiger charge is -2.21.